The van der Waals surface area contributed by atoms with Gasteiger partial charge in [-0.25, -0.2) is 0 Å². The molecule has 0 radical (unpaired) electrons. The first kappa shape index (κ1) is 9.47. The molecule has 0 spiro atoms. The van der Waals surface area contributed by atoms with Crippen LogP contribution in [0.3, 0.4) is 0 Å². The smallest absolute Gasteiger partial charge is 0.0320 e. The first-order chi connectivity index (χ1) is 6.90. The van der Waals surface area contributed by atoms with E-state index >= 15 is 0 Å². The Hall–Kier alpha value is -1.08. The van der Waals surface area contributed by atoms with E-state index in [0.717, 1.165) is 6.54 Å². The van der Waals surface area contributed by atoms with Gasteiger partial charge < -0.3 is 5.32 Å². The molecule has 74 valence electrons. The molecule has 1 nitrogen and oxygen atoms in total. The zero-order valence-electron chi connectivity index (χ0n) is 8.50. The summed E-state index contributed by atoms with van der Waals surface area (Å²) in [5.74, 6) is 0. The highest BCUT2D eigenvalue weighted by molar-refractivity contribution is 5.48. The minimum absolute atomic E-state index is 0.559. The van der Waals surface area contributed by atoms with Gasteiger partial charge in [0.05, 0.1) is 0 Å². The van der Waals surface area contributed by atoms with Gasteiger partial charge in [-0.05, 0) is 30.5 Å². The van der Waals surface area contributed by atoms with Crippen molar-refractivity contribution in [2.75, 3.05) is 6.54 Å². The highest BCUT2D eigenvalue weighted by Gasteiger charge is 2.13. The maximum atomic E-state index is 3.80. The molecule has 2 rings (SSSR count). The molecule has 1 aromatic carbocycles. The molecule has 1 saturated heterocycles. The number of hydrogen-bond donors (Lipinski definition) is 1. The molecule has 1 heterocycles. The van der Waals surface area contributed by atoms with E-state index in [-0.39, 0.29) is 0 Å². The molecule has 0 aliphatic carbocycles. The first-order valence-corrected chi connectivity index (χ1v) is 5.36. The molecule has 1 atom stereocenters. The normalized spacial score (nSPS) is 21.9. The predicted octanol–water partition coefficient (Wildman–Crippen LogP) is 3.14. The molecular formula is C13H17N. The Morgan fingerprint density at radius 2 is 2.29 bits per heavy atom. The fraction of sp³-hybridized carbons (Fsp3) is 0.385. The zero-order valence-corrected chi connectivity index (χ0v) is 8.50. The molecule has 14 heavy (non-hydrogen) atoms. The standard InChI is InChI=1S/C13H17N/c1-2-11-6-5-7-12(10-11)13-8-3-4-9-14-13/h2,5-7,10,13-14H,1,3-4,8-9H2/t13-/m1/s1. The summed E-state index contributed by atoms with van der Waals surface area (Å²) in [6, 6.07) is 9.21. The van der Waals surface area contributed by atoms with Crippen LogP contribution >= 0.6 is 0 Å². The molecule has 0 bridgehead atoms. The number of nitrogens with one attached hydrogen (secondary N) is 1. The van der Waals surface area contributed by atoms with E-state index in [1.165, 1.54) is 30.4 Å². The summed E-state index contributed by atoms with van der Waals surface area (Å²) in [5.41, 5.74) is 2.62. The van der Waals surface area contributed by atoms with Gasteiger partial charge in [-0.2, -0.15) is 0 Å². The van der Waals surface area contributed by atoms with Gasteiger partial charge >= 0.3 is 0 Å². The number of hydrogen-bond acceptors (Lipinski definition) is 1. The maximum absolute atomic E-state index is 3.80. The molecule has 0 unspecified atom stereocenters. The van der Waals surface area contributed by atoms with E-state index in [9.17, 15) is 0 Å². The monoisotopic (exact) mass is 187 g/mol. The minimum atomic E-state index is 0.559. The van der Waals surface area contributed by atoms with Gasteiger partial charge in [-0.15, -0.1) is 0 Å². The van der Waals surface area contributed by atoms with E-state index in [0.29, 0.717) is 6.04 Å². The second-order valence-electron chi connectivity index (χ2n) is 3.88. The van der Waals surface area contributed by atoms with Gasteiger partial charge in [0.2, 0.25) is 0 Å². The van der Waals surface area contributed by atoms with Gasteiger partial charge in [0.1, 0.15) is 0 Å². The zero-order chi connectivity index (χ0) is 9.80. The first-order valence-electron chi connectivity index (χ1n) is 5.36. The van der Waals surface area contributed by atoms with Crippen molar-refractivity contribution in [3.05, 3.63) is 42.0 Å². The van der Waals surface area contributed by atoms with Crippen molar-refractivity contribution >= 4 is 6.08 Å². The molecule has 0 saturated carbocycles. The summed E-state index contributed by atoms with van der Waals surface area (Å²) in [5, 5.41) is 3.55. The fourth-order valence-corrected chi connectivity index (χ4v) is 2.04. The van der Waals surface area contributed by atoms with Crippen LogP contribution in [0.4, 0.5) is 0 Å². The lowest BCUT2D eigenvalue weighted by Gasteiger charge is -2.24. The van der Waals surface area contributed by atoms with Crippen molar-refractivity contribution in [1.82, 2.24) is 5.32 Å². The van der Waals surface area contributed by atoms with E-state index in [1.54, 1.807) is 0 Å². The van der Waals surface area contributed by atoms with Crippen LogP contribution in [0.2, 0.25) is 0 Å². The van der Waals surface area contributed by atoms with Crippen LogP contribution in [0.5, 0.6) is 0 Å². The molecule has 1 fully saturated rings. The predicted molar refractivity (Wildman–Crippen MR) is 61.1 cm³/mol. The van der Waals surface area contributed by atoms with Crippen molar-refractivity contribution in [2.45, 2.75) is 25.3 Å². The molecule has 1 aromatic rings. The van der Waals surface area contributed by atoms with Crippen molar-refractivity contribution < 1.29 is 0 Å². The second kappa shape index (κ2) is 4.43. The topological polar surface area (TPSA) is 12.0 Å². The van der Waals surface area contributed by atoms with E-state index in [1.807, 2.05) is 6.08 Å². The summed E-state index contributed by atoms with van der Waals surface area (Å²) in [6.07, 6.45) is 5.83. The summed E-state index contributed by atoms with van der Waals surface area (Å²) >= 11 is 0. The summed E-state index contributed by atoms with van der Waals surface area (Å²) < 4.78 is 0. The van der Waals surface area contributed by atoms with E-state index in [4.69, 9.17) is 0 Å². The summed E-state index contributed by atoms with van der Waals surface area (Å²) in [6.45, 7) is 4.95. The SMILES string of the molecule is C=Cc1cccc([C@H]2CCCCN2)c1. The van der Waals surface area contributed by atoms with Gasteiger partial charge in [0, 0.05) is 6.04 Å². The molecule has 1 N–H and O–H groups in total. The second-order valence-corrected chi connectivity index (χ2v) is 3.88. The van der Waals surface area contributed by atoms with Crippen molar-refractivity contribution in [3.8, 4) is 0 Å². The lowest BCUT2D eigenvalue weighted by atomic mass is 9.96. The van der Waals surface area contributed by atoms with Crippen LogP contribution in [-0.4, -0.2) is 6.54 Å². The molecular weight excluding hydrogens is 170 g/mol. The lowest BCUT2D eigenvalue weighted by molar-refractivity contribution is 0.412. The van der Waals surface area contributed by atoms with Crippen molar-refractivity contribution in [3.63, 3.8) is 0 Å². The number of piperidine rings is 1. The van der Waals surface area contributed by atoms with E-state index < -0.39 is 0 Å². The molecule has 1 aliphatic heterocycles. The van der Waals surface area contributed by atoms with Crippen LogP contribution in [-0.2, 0) is 0 Å². The fourth-order valence-electron chi connectivity index (χ4n) is 2.04. The molecule has 0 amide bonds. The van der Waals surface area contributed by atoms with Gasteiger partial charge in [-0.3, -0.25) is 0 Å². The molecule has 1 aliphatic rings. The molecule has 0 aromatic heterocycles. The van der Waals surface area contributed by atoms with Crippen molar-refractivity contribution in [2.24, 2.45) is 0 Å². The Morgan fingerprint density at radius 1 is 1.36 bits per heavy atom. The largest absolute Gasteiger partial charge is 0.310 e. The summed E-state index contributed by atoms with van der Waals surface area (Å²) in [7, 11) is 0. The minimum Gasteiger partial charge on any atom is -0.310 e. The third-order valence-electron chi connectivity index (χ3n) is 2.86. The third kappa shape index (κ3) is 2.05. The Labute approximate surface area is 85.8 Å². The Bertz CT molecular complexity index is 311. The Balaban J connectivity index is 2.17. The molecule has 1 heteroatoms. The van der Waals surface area contributed by atoms with Crippen LogP contribution in [0.15, 0.2) is 30.8 Å². The summed E-state index contributed by atoms with van der Waals surface area (Å²) in [4.78, 5) is 0. The number of benzene rings is 1. The quantitative estimate of drug-likeness (QED) is 0.750. The third-order valence-corrected chi connectivity index (χ3v) is 2.86. The Kier molecular flexibility index (Phi) is 3.00. The van der Waals surface area contributed by atoms with Gasteiger partial charge in [-0.1, -0.05) is 43.3 Å². The average Bonchev–Trinajstić information content (AvgIpc) is 2.30. The highest BCUT2D eigenvalue weighted by atomic mass is 14.9. The van der Waals surface area contributed by atoms with Gasteiger partial charge in [0.25, 0.3) is 0 Å². The van der Waals surface area contributed by atoms with Crippen LogP contribution in [0.1, 0.15) is 36.4 Å². The average molecular weight is 187 g/mol. The van der Waals surface area contributed by atoms with Crippen LogP contribution in [0, 0.1) is 0 Å². The van der Waals surface area contributed by atoms with Crippen LogP contribution in [0.25, 0.3) is 6.08 Å². The Morgan fingerprint density at radius 3 is 3.00 bits per heavy atom. The van der Waals surface area contributed by atoms with Crippen LogP contribution < -0.4 is 5.32 Å². The van der Waals surface area contributed by atoms with Crippen molar-refractivity contribution in [1.29, 1.82) is 0 Å². The highest BCUT2D eigenvalue weighted by Crippen LogP contribution is 2.23. The maximum Gasteiger partial charge on any atom is 0.0320 e. The lowest BCUT2D eigenvalue weighted by Crippen LogP contribution is -2.26. The number of rotatable bonds is 2. The van der Waals surface area contributed by atoms with E-state index in [2.05, 4.69) is 36.2 Å². The van der Waals surface area contributed by atoms with Gasteiger partial charge in [0.15, 0.2) is 0 Å².